The Morgan fingerprint density at radius 2 is 2.36 bits per heavy atom. The number of aromatic nitrogens is 2. The molecule has 1 unspecified atom stereocenters. The fourth-order valence-electron chi connectivity index (χ4n) is 1.84. The summed E-state index contributed by atoms with van der Waals surface area (Å²) in [6.45, 7) is 1.68. The molecule has 1 atom stereocenters. The largest absolute Gasteiger partial charge is 0.351 e. The summed E-state index contributed by atoms with van der Waals surface area (Å²) in [5.41, 5.74) is 5.68. The van der Waals surface area contributed by atoms with Gasteiger partial charge in [0.15, 0.2) is 11.0 Å². The zero-order valence-corrected chi connectivity index (χ0v) is 8.61. The van der Waals surface area contributed by atoms with Crippen LogP contribution in [0.15, 0.2) is 12.1 Å². The van der Waals surface area contributed by atoms with Gasteiger partial charge in [0.1, 0.15) is 0 Å². The highest BCUT2D eigenvalue weighted by Gasteiger charge is 2.24. The van der Waals surface area contributed by atoms with E-state index in [0.29, 0.717) is 17.7 Å². The summed E-state index contributed by atoms with van der Waals surface area (Å²) in [5, 5.41) is 8.30. The zero-order valence-electron chi connectivity index (χ0n) is 7.86. The van der Waals surface area contributed by atoms with Crippen LogP contribution in [0.25, 0.3) is 0 Å². The minimum absolute atomic E-state index is 0.408. The molecule has 0 saturated carbocycles. The summed E-state index contributed by atoms with van der Waals surface area (Å²) >= 11 is 5.67. The standard InChI is InChI=1S/C9H13ClN4/c10-8-3-4-9(13-12-8)14-5-1-2-7(14)6-11/h3-4,7H,1-2,5-6,11H2. The minimum atomic E-state index is 0.408. The third kappa shape index (κ3) is 1.81. The Labute approximate surface area is 88.1 Å². The molecule has 2 heterocycles. The number of hydrogen-bond acceptors (Lipinski definition) is 4. The van der Waals surface area contributed by atoms with E-state index in [4.69, 9.17) is 17.3 Å². The lowest BCUT2D eigenvalue weighted by Gasteiger charge is -2.23. The maximum absolute atomic E-state index is 5.68. The lowest BCUT2D eigenvalue weighted by Crippen LogP contribution is -2.35. The van der Waals surface area contributed by atoms with E-state index < -0.39 is 0 Å². The van der Waals surface area contributed by atoms with Crippen LogP contribution in [0.1, 0.15) is 12.8 Å². The van der Waals surface area contributed by atoms with Gasteiger partial charge in [0.2, 0.25) is 0 Å². The predicted molar refractivity (Wildman–Crippen MR) is 56.5 cm³/mol. The SMILES string of the molecule is NCC1CCCN1c1ccc(Cl)nn1. The summed E-state index contributed by atoms with van der Waals surface area (Å²) in [4.78, 5) is 2.20. The number of anilines is 1. The van der Waals surface area contributed by atoms with Crippen LogP contribution in [0.4, 0.5) is 5.82 Å². The average Bonchev–Trinajstić information content (AvgIpc) is 2.67. The first-order chi connectivity index (χ1) is 6.81. The quantitative estimate of drug-likeness (QED) is 0.797. The Bertz CT molecular complexity index is 300. The van der Waals surface area contributed by atoms with Gasteiger partial charge in [0.05, 0.1) is 0 Å². The van der Waals surface area contributed by atoms with Gasteiger partial charge in [-0.3, -0.25) is 0 Å². The average molecular weight is 213 g/mol. The van der Waals surface area contributed by atoms with Gasteiger partial charge in [-0.2, -0.15) is 0 Å². The first-order valence-corrected chi connectivity index (χ1v) is 5.15. The molecule has 0 amide bonds. The van der Waals surface area contributed by atoms with E-state index in [-0.39, 0.29) is 0 Å². The van der Waals surface area contributed by atoms with Gasteiger partial charge in [-0.25, -0.2) is 0 Å². The van der Waals surface area contributed by atoms with Crippen LogP contribution in [-0.2, 0) is 0 Å². The van der Waals surface area contributed by atoms with Crippen LogP contribution in [0.3, 0.4) is 0 Å². The second kappa shape index (κ2) is 4.11. The number of hydrogen-bond donors (Lipinski definition) is 1. The molecule has 4 nitrogen and oxygen atoms in total. The molecule has 76 valence electrons. The van der Waals surface area contributed by atoms with Crippen molar-refractivity contribution in [1.82, 2.24) is 10.2 Å². The maximum Gasteiger partial charge on any atom is 0.151 e. The predicted octanol–water partition coefficient (Wildman–Crippen LogP) is 1.06. The van der Waals surface area contributed by atoms with Gasteiger partial charge in [-0.05, 0) is 25.0 Å². The molecule has 0 bridgehead atoms. The van der Waals surface area contributed by atoms with Gasteiger partial charge in [-0.1, -0.05) is 11.6 Å². The molecule has 5 heteroatoms. The van der Waals surface area contributed by atoms with Gasteiger partial charge in [0, 0.05) is 19.1 Å². The van der Waals surface area contributed by atoms with Gasteiger partial charge >= 0.3 is 0 Å². The fraction of sp³-hybridized carbons (Fsp3) is 0.556. The van der Waals surface area contributed by atoms with Crippen LogP contribution >= 0.6 is 11.6 Å². The van der Waals surface area contributed by atoms with Crippen LogP contribution in [0.2, 0.25) is 5.15 Å². The summed E-state index contributed by atoms with van der Waals surface area (Å²) in [6, 6.07) is 4.06. The van der Waals surface area contributed by atoms with E-state index in [2.05, 4.69) is 15.1 Å². The Hall–Kier alpha value is -0.870. The molecule has 1 aliphatic heterocycles. The Morgan fingerprint density at radius 3 is 3.00 bits per heavy atom. The highest BCUT2D eigenvalue weighted by molar-refractivity contribution is 6.29. The summed E-state index contributed by atoms with van der Waals surface area (Å²) < 4.78 is 0. The number of nitrogens with zero attached hydrogens (tertiary/aromatic N) is 3. The number of nitrogens with two attached hydrogens (primary N) is 1. The summed E-state index contributed by atoms with van der Waals surface area (Å²) in [7, 11) is 0. The molecule has 0 spiro atoms. The van der Waals surface area contributed by atoms with Crippen molar-refractivity contribution in [2.75, 3.05) is 18.0 Å². The van der Waals surface area contributed by atoms with E-state index in [9.17, 15) is 0 Å². The number of rotatable bonds is 2. The van der Waals surface area contributed by atoms with Crippen LogP contribution < -0.4 is 10.6 Å². The van der Waals surface area contributed by atoms with Gasteiger partial charge < -0.3 is 10.6 Å². The third-order valence-corrected chi connectivity index (χ3v) is 2.76. The molecular weight excluding hydrogens is 200 g/mol. The summed E-state index contributed by atoms with van der Waals surface area (Å²) in [6.07, 6.45) is 2.31. The first-order valence-electron chi connectivity index (χ1n) is 4.77. The van der Waals surface area contributed by atoms with Gasteiger partial charge in [-0.15, -0.1) is 10.2 Å². The van der Waals surface area contributed by atoms with Crippen molar-refractivity contribution in [1.29, 1.82) is 0 Å². The lowest BCUT2D eigenvalue weighted by molar-refractivity contribution is 0.667. The van der Waals surface area contributed by atoms with E-state index >= 15 is 0 Å². The van der Waals surface area contributed by atoms with E-state index in [1.165, 1.54) is 6.42 Å². The van der Waals surface area contributed by atoms with Gasteiger partial charge in [0.25, 0.3) is 0 Å². The van der Waals surface area contributed by atoms with Crippen molar-refractivity contribution in [3.8, 4) is 0 Å². The van der Waals surface area contributed by atoms with E-state index in [1.54, 1.807) is 6.07 Å². The molecule has 1 fully saturated rings. The van der Waals surface area contributed by atoms with Crippen molar-refractivity contribution in [3.63, 3.8) is 0 Å². The Morgan fingerprint density at radius 1 is 1.50 bits per heavy atom. The van der Waals surface area contributed by atoms with E-state index in [0.717, 1.165) is 18.8 Å². The van der Waals surface area contributed by atoms with Crippen molar-refractivity contribution in [3.05, 3.63) is 17.3 Å². The Balaban J connectivity index is 2.17. The topological polar surface area (TPSA) is 55.0 Å². The molecule has 1 aliphatic rings. The normalized spacial score (nSPS) is 21.6. The molecule has 2 N–H and O–H groups in total. The Kier molecular flexibility index (Phi) is 2.84. The van der Waals surface area contributed by atoms with Crippen LogP contribution in [0, 0.1) is 0 Å². The first kappa shape index (κ1) is 9.68. The van der Waals surface area contributed by atoms with Crippen molar-refractivity contribution in [2.24, 2.45) is 5.73 Å². The molecule has 1 aromatic heterocycles. The zero-order chi connectivity index (χ0) is 9.97. The van der Waals surface area contributed by atoms with E-state index in [1.807, 2.05) is 6.07 Å². The highest BCUT2D eigenvalue weighted by atomic mass is 35.5. The molecule has 0 aromatic carbocycles. The maximum atomic E-state index is 5.68. The minimum Gasteiger partial charge on any atom is -0.351 e. The molecule has 1 aromatic rings. The monoisotopic (exact) mass is 212 g/mol. The van der Waals surface area contributed by atoms with Crippen LogP contribution in [-0.4, -0.2) is 29.3 Å². The van der Waals surface area contributed by atoms with Crippen LogP contribution in [0.5, 0.6) is 0 Å². The molecule has 14 heavy (non-hydrogen) atoms. The fourth-order valence-corrected chi connectivity index (χ4v) is 1.95. The molecular formula is C9H13ClN4. The second-order valence-electron chi connectivity index (χ2n) is 3.44. The highest BCUT2D eigenvalue weighted by Crippen LogP contribution is 2.22. The molecule has 1 saturated heterocycles. The molecule has 0 aliphatic carbocycles. The summed E-state index contributed by atoms with van der Waals surface area (Å²) in [5.74, 6) is 0.877. The second-order valence-corrected chi connectivity index (χ2v) is 3.83. The van der Waals surface area contributed by atoms with Crippen molar-refractivity contribution < 1.29 is 0 Å². The van der Waals surface area contributed by atoms with Crippen molar-refractivity contribution >= 4 is 17.4 Å². The van der Waals surface area contributed by atoms with Crippen molar-refractivity contribution in [2.45, 2.75) is 18.9 Å². The third-order valence-electron chi connectivity index (χ3n) is 2.56. The lowest BCUT2D eigenvalue weighted by atomic mass is 10.2. The molecule has 0 radical (unpaired) electrons. The smallest absolute Gasteiger partial charge is 0.151 e. The number of halogens is 1. The molecule has 2 rings (SSSR count).